The number of hydrogen-bond acceptors (Lipinski definition) is 5. The molecule has 0 aromatic heterocycles. The molecule has 4 rings (SSSR count). The van der Waals surface area contributed by atoms with E-state index in [0.29, 0.717) is 11.4 Å². The fourth-order valence-electron chi connectivity index (χ4n) is 3.90. The Morgan fingerprint density at radius 2 is 1.45 bits per heavy atom. The Hall–Kier alpha value is -3.61. The Kier molecular flexibility index (Phi) is 6.02. The minimum absolute atomic E-state index is 0.0852. The third-order valence-corrected chi connectivity index (χ3v) is 5.61. The smallest absolute Gasteiger partial charge is 0.335 e. The molecule has 2 heterocycles. The van der Waals surface area contributed by atoms with Gasteiger partial charge in [0.25, 0.3) is 11.8 Å². The summed E-state index contributed by atoms with van der Waals surface area (Å²) in [4.78, 5) is 41.0. The van der Waals surface area contributed by atoms with Gasteiger partial charge in [0.2, 0.25) is 0 Å². The van der Waals surface area contributed by atoms with Crippen molar-refractivity contribution in [3.05, 3.63) is 59.7 Å². The highest BCUT2D eigenvalue weighted by Gasteiger charge is 2.36. The molecule has 31 heavy (non-hydrogen) atoms. The number of methoxy groups -OCH3 is 1. The molecule has 0 spiro atoms. The molecule has 2 aromatic carbocycles. The summed E-state index contributed by atoms with van der Waals surface area (Å²) in [6.07, 6.45) is 6.43. The number of nitrogens with zero attached hydrogens (tertiary/aromatic N) is 2. The van der Waals surface area contributed by atoms with Crippen LogP contribution in [0.1, 0.15) is 31.2 Å². The Morgan fingerprint density at radius 3 is 2.06 bits per heavy atom. The monoisotopic (exact) mass is 419 g/mol. The van der Waals surface area contributed by atoms with Gasteiger partial charge in [-0.2, -0.15) is 0 Å². The van der Waals surface area contributed by atoms with E-state index in [1.165, 1.54) is 38.9 Å². The van der Waals surface area contributed by atoms with Crippen LogP contribution in [0.15, 0.2) is 54.1 Å². The highest BCUT2D eigenvalue weighted by Crippen LogP contribution is 2.25. The van der Waals surface area contributed by atoms with Crippen LogP contribution in [0, 0.1) is 0 Å². The second-order valence-electron chi connectivity index (χ2n) is 7.65. The summed E-state index contributed by atoms with van der Waals surface area (Å²) in [5, 5.41) is 2.25. The zero-order valence-corrected chi connectivity index (χ0v) is 17.5. The van der Waals surface area contributed by atoms with E-state index in [1.807, 2.05) is 24.3 Å². The molecular weight excluding hydrogens is 394 g/mol. The quantitative estimate of drug-likeness (QED) is 0.603. The fraction of sp³-hybridized carbons (Fsp3) is 0.292. The number of barbiturate groups is 1. The van der Waals surface area contributed by atoms with Crippen LogP contribution in [0.4, 0.5) is 16.2 Å². The van der Waals surface area contributed by atoms with Crippen molar-refractivity contribution < 1.29 is 19.1 Å². The number of rotatable bonds is 4. The predicted octanol–water partition coefficient (Wildman–Crippen LogP) is 3.74. The van der Waals surface area contributed by atoms with Gasteiger partial charge < -0.3 is 9.64 Å². The first kappa shape index (κ1) is 20.7. The first-order chi connectivity index (χ1) is 15.1. The summed E-state index contributed by atoms with van der Waals surface area (Å²) in [7, 11) is 1.53. The maximum atomic E-state index is 13.0. The molecule has 2 fully saturated rings. The van der Waals surface area contributed by atoms with Crippen LogP contribution in [-0.2, 0) is 9.59 Å². The number of urea groups is 1. The van der Waals surface area contributed by atoms with Crippen molar-refractivity contribution in [3.63, 3.8) is 0 Å². The maximum absolute atomic E-state index is 13.0. The zero-order chi connectivity index (χ0) is 21.8. The van der Waals surface area contributed by atoms with Crippen molar-refractivity contribution in [2.75, 3.05) is 30.0 Å². The molecule has 0 unspecified atom stereocenters. The molecule has 2 saturated heterocycles. The summed E-state index contributed by atoms with van der Waals surface area (Å²) in [6.45, 7) is 2.08. The molecule has 2 aliphatic heterocycles. The molecule has 0 aliphatic carbocycles. The van der Waals surface area contributed by atoms with Gasteiger partial charge >= 0.3 is 6.03 Å². The van der Waals surface area contributed by atoms with Gasteiger partial charge in [-0.1, -0.05) is 25.0 Å². The second kappa shape index (κ2) is 9.04. The van der Waals surface area contributed by atoms with E-state index in [9.17, 15) is 14.4 Å². The summed E-state index contributed by atoms with van der Waals surface area (Å²) < 4.78 is 5.11. The molecular formula is C24H25N3O4. The van der Waals surface area contributed by atoms with E-state index >= 15 is 0 Å². The maximum Gasteiger partial charge on any atom is 0.335 e. The lowest BCUT2D eigenvalue weighted by molar-refractivity contribution is -0.122. The minimum atomic E-state index is -0.770. The third kappa shape index (κ3) is 4.45. The van der Waals surface area contributed by atoms with Gasteiger partial charge in [0, 0.05) is 18.8 Å². The van der Waals surface area contributed by atoms with Gasteiger partial charge in [-0.05, 0) is 60.9 Å². The van der Waals surface area contributed by atoms with Crippen molar-refractivity contribution in [2.24, 2.45) is 0 Å². The van der Waals surface area contributed by atoms with Crippen LogP contribution in [-0.4, -0.2) is 38.0 Å². The van der Waals surface area contributed by atoms with Gasteiger partial charge in [0.05, 0.1) is 12.8 Å². The molecule has 7 heteroatoms. The van der Waals surface area contributed by atoms with E-state index in [2.05, 4.69) is 10.2 Å². The van der Waals surface area contributed by atoms with Crippen molar-refractivity contribution in [1.29, 1.82) is 0 Å². The lowest BCUT2D eigenvalue weighted by atomic mass is 10.1. The van der Waals surface area contributed by atoms with Crippen LogP contribution in [0.3, 0.4) is 0 Å². The third-order valence-electron chi connectivity index (χ3n) is 5.61. The van der Waals surface area contributed by atoms with Gasteiger partial charge in [0.1, 0.15) is 11.3 Å². The Balaban J connectivity index is 1.57. The van der Waals surface area contributed by atoms with Crippen LogP contribution < -0.4 is 19.9 Å². The van der Waals surface area contributed by atoms with Crippen LogP contribution in [0.5, 0.6) is 5.75 Å². The molecule has 160 valence electrons. The highest BCUT2D eigenvalue weighted by molar-refractivity contribution is 6.39. The number of nitrogens with one attached hydrogen (secondary N) is 1. The molecule has 0 atom stereocenters. The molecule has 2 aliphatic rings. The number of carbonyl (C=O) groups is 3. The predicted molar refractivity (Wildman–Crippen MR) is 119 cm³/mol. The van der Waals surface area contributed by atoms with Crippen molar-refractivity contribution in [3.8, 4) is 5.75 Å². The van der Waals surface area contributed by atoms with Crippen molar-refractivity contribution >= 4 is 35.3 Å². The van der Waals surface area contributed by atoms with Gasteiger partial charge in [0.15, 0.2) is 0 Å². The molecule has 1 N–H and O–H groups in total. The Morgan fingerprint density at radius 1 is 0.839 bits per heavy atom. The summed E-state index contributed by atoms with van der Waals surface area (Å²) in [5.74, 6) is -0.753. The number of carbonyl (C=O) groups excluding carboxylic acids is 3. The van der Waals surface area contributed by atoms with Crippen molar-refractivity contribution in [1.82, 2.24) is 5.32 Å². The zero-order valence-electron chi connectivity index (χ0n) is 17.5. The molecule has 7 nitrogen and oxygen atoms in total. The van der Waals surface area contributed by atoms with Gasteiger partial charge in [-0.3, -0.25) is 14.9 Å². The highest BCUT2D eigenvalue weighted by atomic mass is 16.5. The van der Waals surface area contributed by atoms with Gasteiger partial charge in [-0.25, -0.2) is 9.69 Å². The molecule has 2 aromatic rings. The SMILES string of the molecule is COc1ccc(N2C(=O)NC(=O)C(=Cc3ccc(N4CCCCCC4)cc3)C2=O)cc1. The topological polar surface area (TPSA) is 79.0 Å². The number of anilines is 2. The van der Waals surface area contributed by atoms with E-state index < -0.39 is 17.8 Å². The van der Waals surface area contributed by atoms with E-state index in [-0.39, 0.29) is 5.57 Å². The molecule has 0 radical (unpaired) electrons. The molecule has 4 amide bonds. The number of ether oxygens (including phenoxy) is 1. The number of benzene rings is 2. The summed E-state index contributed by atoms with van der Waals surface area (Å²) in [6, 6.07) is 13.5. The number of hydrogen-bond donors (Lipinski definition) is 1. The van der Waals surface area contributed by atoms with E-state index in [1.54, 1.807) is 24.3 Å². The average molecular weight is 419 g/mol. The number of imide groups is 2. The lowest BCUT2D eigenvalue weighted by Crippen LogP contribution is -2.54. The standard InChI is InChI=1S/C24H25N3O4/c1-31-20-12-10-19(11-13-20)27-23(29)21(22(28)25-24(27)30)16-17-6-8-18(9-7-17)26-14-4-2-3-5-15-26/h6-13,16H,2-5,14-15H2,1H3,(H,25,28,30). The molecule has 0 bridgehead atoms. The summed E-state index contributed by atoms with van der Waals surface area (Å²) >= 11 is 0. The van der Waals surface area contributed by atoms with Crippen LogP contribution in [0.2, 0.25) is 0 Å². The van der Waals surface area contributed by atoms with E-state index in [0.717, 1.165) is 29.2 Å². The fourth-order valence-corrected chi connectivity index (χ4v) is 3.90. The second-order valence-corrected chi connectivity index (χ2v) is 7.65. The first-order valence-electron chi connectivity index (χ1n) is 10.5. The van der Waals surface area contributed by atoms with Crippen LogP contribution >= 0.6 is 0 Å². The normalized spacial score (nSPS) is 18.7. The van der Waals surface area contributed by atoms with Gasteiger partial charge in [-0.15, -0.1) is 0 Å². The van der Waals surface area contributed by atoms with E-state index in [4.69, 9.17) is 4.74 Å². The average Bonchev–Trinajstić information content (AvgIpc) is 3.07. The number of amides is 4. The van der Waals surface area contributed by atoms with Crippen molar-refractivity contribution in [2.45, 2.75) is 25.7 Å². The minimum Gasteiger partial charge on any atom is -0.497 e. The first-order valence-corrected chi connectivity index (χ1v) is 10.5. The Bertz CT molecular complexity index is 1000. The largest absolute Gasteiger partial charge is 0.497 e. The molecule has 0 saturated carbocycles. The lowest BCUT2D eigenvalue weighted by Gasteiger charge is -2.26. The van der Waals surface area contributed by atoms with Crippen LogP contribution in [0.25, 0.3) is 6.08 Å². The summed E-state index contributed by atoms with van der Waals surface area (Å²) in [5.41, 5.74) is 2.13. The Labute approximate surface area is 181 Å².